The predicted molar refractivity (Wildman–Crippen MR) is 71.1 cm³/mol. The largest absolute Gasteiger partial charge is 0.493 e. The Bertz CT molecular complexity index is 392. The smallest absolute Gasteiger partial charge is 0.303 e. The summed E-state index contributed by atoms with van der Waals surface area (Å²) in [6.45, 7) is 0.850. The van der Waals surface area contributed by atoms with Gasteiger partial charge in [-0.2, -0.15) is 0 Å². The number of rotatable bonds is 9. The van der Waals surface area contributed by atoms with Gasteiger partial charge in [0.1, 0.15) is 5.75 Å². The Kier molecular flexibility index (Phi) is 7.09. The summed E-state index contributed by atoms with van der Waals surface area (Å²) in [5.41, 5.74) is 0. The van der Waals surface area contributed by atoms with E-state index in [4.69, 9.17) is 9.84 Å². The second-order valence-electron chi connectivity index (χ2n) is 4.11. The summed E-state index contributed by atoms with van der Waals surface area (Å²) < 4.78 is 5.40. The molecular formula is C14H19NO4. The van der Waals surface area contributed by atoms with E-state index in [0.717, 1.165) is 5.75 Å². The first-order valence-corrected chi connectivity index (χ1v) is 6.35. The van der Waals surface area contributed by atoms with Gasteiger partial charge in [0.25, 0.3) is 0 Å². The van der Waals surface area contributed by atoms with E-state index in [9.17, 15) is 9.59 Å². The Morgan fingerprint density at radius 3 is 2.53 bits per heavy atom. The van der Waals surface area contributed by atoms with Gasteiger partial charge in [0.05, 0.1) is 13.0 Å². The predicted octanol–water partition coefficient (Wildman–Crippen LogP) is 1.83. The summed E-state index contributed by atoms with van der Waals surface area (Å²) in [4.78, 5) is 21.7. The number of hydrogen-bond donors (Lipinski definition) is 2. The third-order valence-electron chi connectivity index (χ3n) is 2.48. The number of ether oxygens (including phenoxy) is 1. The molecule has 0 saturated carbocycles. The van der Waals surface area contributed by atoms with E-state index < -0.39 is 5.97 Å². The highest BCUT2D eigenvalue weighted by atomic mass is 16.5. The van der Waals surface area contributed by atoms with Gasteiger partial charge in [-0.15, -0.1) is 0 Å². The molecule has 0 saturated heterocycles. The van der Waals surface area contributed by atoms with Crippen LogP contribution < -0.4 is 10.1 Å². The number of carbonyl (C=O) groups is 2. The van der Waals surface area contributed by atoms with E-state index in [0.29, 0.717) is 32.4 Å². The zero-order chi connectivity index (χ0) is 13.9. The van der Waals surface area contributed by atoms with Gasteiger partial charge in [0.15, 0.2) is 0 Å². The van der Waals surface area contributed by atoms with Crippen molar-refractivity contribution in [2.45, 2.75) is 25.7 Å². The first-order valence-electron chi connectivity index (χ1n) is 6.35. The van der Waals surface area contributed by atoms with Crippen molar-refractivity contribution in [3.63, 3.8) is 0 Å². The number of carboxylic acids is 1. The Morgan fingerprint density at radius 1 is 1.11 bits per heavy atom. The number of aliphatic carboxylic acids is 1. The fourth-order valence-electron chi connectivity index (χ4n) is 1.50. The second-order valence-corrected chi connectivity index (χ2v) is 4.11. The van der Waals surface area contributed by atoms with Crippen molar-refractivity contribution in [2.75, 3.05) is 13.2 Å². The van der Waals surface area contributed by atoms with E-state index in [1.807, 2.05) is 30.3 Å². The van der Waals surface area contributed by atoms with Gasteiger partial charge in [-0.05, 0) is 25.0 Å². The Labute approximate surface area is 112 Å². The minimum absolute atomic E-state index is 0.0775. The van der Waals surface area contributed by atoms with Crippen LogP contribution in [-0.4, -0.2) is 30.1 Å². The topological polar surface area (TPSA) is 75.6 Å². The molecular weight excluding hydrogens is 246 g/mol. The van der Waals surface area contributed by atoms with Crippen LogP contribution in [0.3, 0.4) is 0 Å². The van der Waals surface area contributed by atoms with Gasteiger partial charge < -0.3 is 15.2 Å². The lowest BCUT2D eigenvalue weighted by molar-refractivity contribution is -0.137. The maximum Gasteiger partial charge on any atom is 0.303 e. The maximum atomic E-state index is 11.4. The fourth-order valence-corrected chi connectivity index (χ4v) is 1.50. The fraction of sp³-hybridized carbons (Fsp3) is 0.429. The average Bonchev–Trinajstić information content (AvgIpc) is 2.39. The normalized spacial score (nSPS) is 9.89. The average molecular weight is 265 g/mol. The summed E-state index contributed by atoms with van der Waals surface area (Å²) in [6.07, 6.45) is 1.70. The monoisotopic (exact) mass is 265 g/mol. The van der Waals surface area contributed by atoms with Crippen LogP contribution in [0.2, 0.25) is 0 Å². The Balaban J connectivity index is 2.01. The van der Waals surface area contributed by atoms with Gasteiger partial charge >= 0.3 is 5.97 Å². The molecule has 19 heavy (non-hydrogen) atoms. The molecule has 1 amide bonds. The third-order valence-corrected chi connectivity index (χ3v) is 2.48. The highest BCUT2D eigenvalue weighted by Crippen LogP contribution is 2.08. The lowest BCUT2D eigenvalue weighted by Gasteiger charge is -2.06. The van der Waals surface area contributed by atoms with Gasteiger partial charge in [-0.3, -0.25) is 9.59 Å². The second kappa shape index (κ2) is 8.97. The summed E-state index contributed by atoms with van der Waals surface area (Å²) in [5, 5.41) is 11.2. The molecule has 0 bridgehead atoms. The quantitative estimate of drug-likeness (QED) is 0.668. The van der Waals surface area contributed by atoms with Crippen LogP contribution >= 0.6 is 0 Å². The van der Waals surface area contributed by atoms with Crippen molar-refractivity contribution in [1.29, 1.82) is 0 Å². The van der Waals surface area contributed by atoms with Gasteiger partial charge in [-0.1, -0.05) is 18.2 Å². The van der Waals surface area contributed by atoms with Crippen LogP contribution in [0.15, 0.2) is 30.3 Å². The molecule has 104 valence electrons. The van der Waals surface area contributed by atoms with Crippen molar-refractivity contribution in [1.82, 2.24) is 5.32 Å². The molecule has 0 radical (unpaired) electrons. The lowest BCUT2D eigenvalue weighted by atomic mass is 10.2. The Morgan fingerprint density at radius 2 is 1.84 bits per heavy atom. The van der Waals surface area contributed by atoms with E-state index in [1.54, 1.807) is 0 Å². The highest BCUT2D eigenvalue weighted by Gasteiger charge is 2.02. The molecule has 0 aliphatic rings. The van der Waals surface area contributed by atoms with E-state index in [-0.39, 0.29) is 12.3 Å². The number of carbonyl (C=O) groups excluding carboxylic acids is 1. The minimum Gasteiger partial charge on any atom is -0.493 e. The maximum absolute atomic E-state index is 11.4. The molecule has 1 aromatic carbocycles. The van der Waals surface area contributed by atoms with Crippen LogP contribution in [-0.2, 0) is 9.59 Å². The molecule has 0 atom stereocenters. The lowest BCUT2D eigenvalue weighted by Crippen LogP contribution is -2.26. The standard InChI is InChI=1S/C14H19NO4/c16-13(15-10-5-4-8-14(17)18)9-11-19-12-6-2-1-3-7-12/h1-3,6-7H,4-5,8-11H2,(H,15,16)(H,17,18). The zero-order valence-electron chi connectivity index (χ0n) is 10.8. The highest BCUT2D eigenvalue weighted by molar-refractivity contribution is 5.75. The number of nitrogens with one attached hydrogen (secondary N) is 1. The minimum atomic E-state index is -0.803. The van der Waals surface area contributed by atoms with Gasteiger partial charge in [0, 0.05) is 13.0 Å². The molecule has 0 aliphatic carbocycles. The van der Waals surface area contributed by atoms with E-state index in [2.05, 4.69) is 5.32 Å². The van der Waals surface area contributed by atoms with Crippen LogP contribution in [0.1, 0.15) is 25.7 Å². The van der Waals surface area contributed by atoms with Crippen LogP contribution in [0.5, 0.6) is 5.75 Å². The molecule has 5 nitrogen and oxygen atoms in total. The molecule has 0 spiro atoms. The molecule has 0 unspecified atom stereocenters. The Hall–Kier alpha value is -2.04. The summed E-state index contributed by atoms with van der Waals surface area (Å²) in [6, 6.07) is 9.32. The molecule has 0 aliphatic heterocycles. The van der Waals surface area contributed by atoms with Crippen LogP contribution in [0, 0.1) is 0 Å². The van der Waals surface area contributed by atoms with E-state index in [1.165, 1.54) is 0 Å². The molecule has 0 fully saturated rings. The van der Waals surface area contributed by atoms with Crippen LogP contribution in [0.4, 0.5) is 0 Å². The van der Waals surface area contributed by atoms with E-state index >= 15 is 0 Å². The number of benzene rings is 1. The van der Waals surface area contributed by atoms with Crippen molar-refractivity contribution >= 4 is 11.9 Å². The molecule has 1 rings (SSSR count). The summed E-state index contributed by atoms with van der Waals surface area (Å²) in [7, 11) is 0. The number of para-hydroxylation sites is 1. The number of unbranched alkanes of at least 4 members (excludes halogenated alkanes) is 1. The number of carboxylic acid groups (broad SMARTS) is 1. The summed E-state index contributed by atoms with van der Waals surface area (Å²) in [5.74, 6) is -0.134. The van der Waals surface area contributed by atoms with Crippen molar-refractivity contribution in [2.24, 2.45) is 0 Å². The van der Waals surface area contributed by atoms with Crippen LogP contribution in [0.25, 0.3) is 0 Å². The third kappa shape index (κ3) is 7.81. The van der Waals surface area contributed by atoms with Crippen molar-refractivity contribution in [3.8, 4) is 5.75 Å². The summed E-state index contributed by atoms with van der Waals surface area (Å²) >= 11 is 0. The SMILES string of the molecule is O=C(O)CCCCNC(=O)CCOc1ccccc1. The molecule has 0 heterocycles. The molecule has 1 aromatic rings. The van der Waals surface area contributed by atoms with Gasteiger partial charge in [0.2, 0.25) is 5.91 Å². The molecule has 0 aromatic heterocycles. The number of hydrogen-bond acceptors (Lipinski definition) is 3. The zero-order valence-corrected chi connectivity index (χ0v) is 10.8. The number of amides is 1. The first-order chi connectivity index (χ1) is 9.18. The van der Waals surface area contributed by atoms with Crippen molar-refractivity contribution in [3.05, 3.63) is 30.3 Å². The first kappa shape index (κ1) is 15.0. The van der Waals surface area contributed by atoms with Gasteiger partial charge in [-0.25, -0.2) is 0 Å². The van der Waals surface area contributed by atoms with Crippen molar-refractivity contribution < 1.29 is 19.4 Å². The molecule has 2 N–H and O–H groups in total. The molecule has 5 heteroatoms.